The largest absolute Gasteiger partial charge is 0.504 e. The fraction of sp³-hybridized carbons (Fsp3) is 0.333. The lowest BCUT2D eigenvalue weighted by Crippen LogP contribution is -2.67. The van der Waals surface area contributed by atoms with Crippen LogP contribution in [0.5, 0.6) is 17.2 Å². The molecule has 3 aliphatic rings. The van der Waals surface area contributed by atoms with Crippen molar-refractivity contribution in [2.24, 2.45) is 0 Å². The molecule has 10 heteroatoms. The van der Waals surface area contributed by atoms with Crippen LogP contribution in [0.25, 0.3) is 0 Å². The number of fused-ring (bicyclic) bond motifs is 4. The number of ether oxygens (including phenoxy) is 3. The molecule has 2 aromatic carbocycles. The lowest BCUT2D eigenvalue weighted by Gasteiger charge is -2.48. The summed E-state index contributed by atoms with van der Waals surface area (Å²) in [5.41, 5.74) is 0.286. The fourth-order valence-electron chi connectivity index (χ4n) is 4.46. The van der Waals surface area contributed by atoms with Crippen LogP contribution in [0.3, 0.4) is 0 Å². The molecule has 0 bridgehead atoms. The fourth-order valence-corrected chi connectivity index (χ4v) is 4.46. The first kappa shape index (κ1) is 19.6. The zero-order valence-corrected chi connectivity index (χ0v) is 16.0. The number of hydrogen-bond donors (Lipinski definition) is 5. The molecule has 0 spiro atoms. The Labute approximate surface area is 175 Å². The third-order valence-electron chi connectivity index (χ3n) is 5.95. The smallest absolute Gasteiger partial charge is 0.338 e. The molecule has 2 aliphatic heterocycles. The number of esters is 1. The van der Waals surface area contributed by atoms with Crippen molar-refractivity contribution in [1.82, 2.24) is 5.32 Å². The van der Waals surface area contributed by atoms with Gasteiger partial charge in [0.15, 0.2) is 11.5 Å². The zero-order valence-electron chi connectivity index (χ0n) is 16.0. The van der Waals surface area contributed by atoms with Crippen LogP contribution in [0.15, 0.2) is 36.4 Å². The van der Waals surface area contributed by atoms with Crippen LogP contribution in [0, 0.1) is 0 Å². The number of aliphatic hydroxyl groups excluding tert-OH is 3. The highest BCUT2D eigenvalue weighted by atomic mass is 16.7. The van der Waals surface area contributed by atoms with Gasteiger partial charge in [0.05, 0.1) is 17.2 Å². The number of phenolic OH excluding ortho intramolecular Hbond substituents is 1. The zero-order chi connectivity index (χ0) is 21.9. The predicted octanol–water partition coefficient (Wildman–Crippen LogP) is -0.362. The van der Waals surface area contributed by atoms with Gasteiger partial charge in [0.2, 0.25) is 12.5 Å². The Morgan fingerprint density at radius 2 is 1.81 bits per heavy atom. The molecule has 1 aliphatic carbocycles. The van der Waals surface area contributed by atoms with Gasteiger partial charge in [-0.15, -0.1) is 0 Å². The van der Waals surface area contributed by atoms with Crippen LogP contribution < -0.4 is 14.8 Å². The van der Waals surface area contributed by atoms with E-state index in [-0.39, 0.29) is 35.0 Å². The average Bonchev–Trinajstić information content (AvgIpc) is 3.25. The molecule has 2 aromatic rings. The number of benzene rings is 2. The number of aromatic hydroxyl groups is 1. The monoisotopic (exact) mass is 429 g/mol. The van der Waals surface area contributed by atoms with E-state index >= 15 is 0 Å². The molecule has 5 N–H and O–H groups in total. The van der Waals surface area contributed by atoms with Crippen molar-refractivity contribution >= 4 is 11.9 Å². The molecule has 6 unspecified atom stereocenters. The summed E-state index contributed by atoms with van der Waals surface area (Å²) in [7, 11) is 0. The minimum absolute atomic E-state index is 0.00196. The summed E-state index contributed by atoms with van der Waals surface area (Å²) in [6, 6.07) is 8.43. The maximum atomic E-state index is 12.7. The highest BCUT2D eigenvalue weighted by Crippen LogP contribution is 2.50. The molecule has 1 saturated carbocycles. The second-order valence-electron chi connectivity index (χ2n) is 7.66. The number of aliphatic hydroxyl groups is 3. The lowest BCUT2D eigenvalue weighted by atomic mass is 9.70. The van der Waals surface area contributed by atoms with Crippen LogP contribution in [0.4, 0.5) is 0 Å². The molecule has 0 aromatic heterocycles. The minimum Gasteiger partial charge on any atom is -0.504 e. The van der Waals surface area contributed by atoms with Crippen LogP contribution in [-0.4, -0.2) is 69.6 Å². The van der Waals surface area contributed by atoms with Gasteiger partial charge < -0.3 is 40.0 Å². The summed E-state index contributed by atoms with van der Waals surface area (Å²) < 4.78 is 16.1. The molecule has 5 rings (SSSR count). The second-order valence-corrected chi connectivity index (χ2v) is 7.66. The standard InChI is InChI=1S/C21H19NO9/c23-14-12-9(6-10-18(14)30-7-29-10)11-13(22-20(12)27)15(24)16(25)17(26)19(11)31-21(28)8-4-2-1-3-5-8/h1-6,11,13,15-17,19,23-26H,7H2,(H,22,27). The molecule has 1 fully saturated rings. The molecule has 162 valence electrons. The summed E-state index contributed by atoms with van der Waals surface area (Å²) in [5.74, 6) is -2.72. The van der Waals surface area contributed by atoms with Gasteiger partial charge in [0.25, 0.3) is 5.91 Å². The number of nitrogens with one attached hydrogen (secondary N) is 1. The highest BCUT2D eigenvalue weighted by Gasteiger charge is 2.55. The molecule has 1 amide bonds. The number of carbonyl (C=O) groups is 2. The van der Waals surface area contributed by atoms with Gasteiger partial charge in [0, 0.05) is 5.92 Å². The van der Waals surface area contributed by atoms with E-state index in [1.165, 1.54) is 18.2 Å². The number of phenols is 1. The predicted molar refractivity (Wildman–Crippen MR) is 102 cm³/mol. The van der Waals surface area contributed by atoms with Gasteiger partial charge in [-0.25, -0.2) is 4.79 Å². The van der Waals surface area contributed by atoms with E-state index in [0.29, 0.717) is 0 Å². The quantitative estimate of drug-likeness (QED) is 0.403. The normalized spacial score (nSPS) is 30.7. The van der Waals surface area contributed by atoms with Gasteiger partial charge in [-0.3, -0.25) is 4.79 Å². The Balaban J connectivity index is 1.61. The Bertz CT molecular complexity index is 1060. The molecular formula is C21H19NO9. The molecule has 31 heavy (non-hydrogen) atoms. The number of carbonyl (C=O) groups excluding carboxylic acids is 2. The number of hydrogen-bond acceptors (Lipinski definition) is 9. The Morgan fingerprint density at radius 1 is 1.06 bits per heavy atom. The summed E-state index contributed by atoms with van der Waals surface area (Å²) in [6.07, 6.45) is -6.22. The maximum Gasteiger partial charge on any atom is 0.338 e. The van der Waals surface area contributed by atoms with E-state index in [1.54, 1.807) is 18.2 Å². The van der Waals surface area contributed by atoms with Gasteiger partial charge in [-0.1, -0.05) is 18.2 Å². The van der Waals surface area contributed by atoms with Gasteiger partial charge >= 0.3 is 5.97 Å². The summed E-state index contributed by atoms with van der Waals surface area (Å²) in [5, 5.41) is 44.7. The third-order valence-corrected chi connectivity index (χ3v) is 5.95. The van der Waals surface area contributed by atoms with Crippen LogP contribution in [0.2, 0.25) is 0 Å². The van der Waals surface area contributed by atoms with Crippen molar-refractivity contribution in [3.8, 4) is 17.2 Å². The molecule has 6 atom stereocenters. The number of amides is 1. The minimum atomic E-state index is -1.68. The Hall–Kier alpha value is -3.34. The summed E-state index contributed by atoms with van der Waals surface area (Å²) >= 11 is 0. The van der Waals surface area contributed by atoms with Crippen molar-refractivity contribution in [2.75, 3.05) is 6.79 Å². The van der Waals surface area contributed by atoms with E-state index in [9.17, 15) is 30.0 Å². The van der Waals surface area contributed by atoms with Gasteiger partial charge in [-0.2, -0.15) is 0 Å². The summed E-state index contributed by atoms with van der Waals surface area (Å²) in [4.78, 5) is 25.4. The van der Waals surface area contributed by atoms with Crippen molar-refractivity contribution < 1.29 is 44.2 Å². The number of rotatable bonds is 2. The average molecular weight is 429 g/mol. The first-order valence-corrected chi connectivity index (χ1v) is 9.65. The first-order chi connectivity index (χ1) is 14.9. The molecule has 2 heterocycles. The van der Waals surface area contributed by atoms with E-state index in [0.717, 1.165) is 0 Å². The molecular weight excluding hydrogens is 410 g/mol. The lowest BCUT2D eigenvalue weighted by molar-refractivity contribution is -0.157. The van der Waals surface area contributed by atoms with Crippen molar-refractivity contribution in [3.05, 3.63) is 53.1 Å². The van der Waals surface area contributed by atoms with Crippen LogP contribution >= 0.6 is 0 Å². The third kappa shape index (κ3) is 2.91. The van der Waals surface area contributed by atoms with E-state index in [4.69, 9.17) is 14.2 Å². The Morgan fingerprint density at radius 3 is 2.55 bits per heavy atom. The van der Waals surface area contributed by atoms with Crippen molar-refractivity contribution in [3.63, 3.8) is 0 Å². The molecule has 0 radical (unpaired) electrons. The van der Waals surface area contributed by atoms with Crippen molar-refractivity contribution in [1.29, 1.82) is 0 Å². The summed E-state index contributed by atoms with van der Waals surface area (Å²) in [6.45, 7) is -0.155. The van der Waals surface area contributed by atoms with Crippen molar-refractivity contribution in [2.45, 2.75) is 36.4 Å². The first-order valence-electron chi connectivity index (χ1n) is 9.65. The second kappa shape index (κ2) is 7.12. The molecule has 0 saturated heterocycles. The van der Waals surface area contributed by atoms with E-state index in [2.05, 4.69) is 5.32 Å². The highest BCUT2D eigenvalue weighted by molar-refractivity contribution is 6.01. The van der Waals surface area contributed by atoms with Gasteiger partial charge in [0.1, 0.15) is 24.4 Å². The van der Waals surface area contributed by atoms with Crippen LogP contribution in [-0.2, 0) is 4.74 Å². The maximum absolute atomic E-state index is 12.7. The van der Waals surface area contributed by atoms with Gasteiger partial charge in [-0.05, 0) is 23.8 Å². The van der Waals surface area contributed by atoms with E-state index in [1.807, 2.05) is 0 Å². The topological polar surface area (TPSA) is 155 Å². The molecule has 10 nitrogen and oxygen atoms in total. The Kier molecular flexibility index (Phi) is 4.50. The van der Waals surface area contributed by atoms with E-state index < -0.39 is 54.0 Å². The van der Waals surface area contributed by atoms with Crippen LogP contribution in [0.1, 0.15) is 32.2 Å². The SMILES string of the molecule is O=C(OC1C(O)C(O)C(O)C2NC(=O)c3c(cc4c(c3O)OCO4)C21)c1ccccc1.